The Morgan fingerprint density at radius 1 is 1.53 bits per heavy atom. The molecule has 0 saturated heterocycles. The zero-order valence-corrected chi connectivity index (χ0v) is 9.52. The predicted octanol–water partition coefficient (Wildman–Crippen LogP) is 1.68. The van der Waals surface area contributed by atoms with Crippen LogP contribution in [0, 0.1) is 10.1 Å². The molecule has 0 fully saturated rings. The van der Waals surface area contributed by atoms with Gasteiger partial charge in [0.25, 0.3) is 0 Å². The first-order valence-corrected chi connectivity index (χ1v) is 4.86. The molecule has 1 rings (SSSR count). The van der Waals surface area contributed by atoms with Crippen molar-refractivity contribution >= 4 is 11.9 Å². The summed E-state index contributed by atoms with van der Waals surface area (Å²) in [6.07, 6.45) is -5.03. The molecule has 0 saturated carbocycles. The Morgan fingerprint density at radius 3 is 2.47 bits per heavy atom. The molecular weight excluding hydrogens is 273 g/mol. The summed E-state index contributed by atoms with van der Waals surface area (Å²) in [6.45, 7) is -0.164. The Kier molecular flexibility index (Phi) is 3.84. The standard InChI is InChI=1S/C9H9F3N2O5/c1-8(7(15)16,9(10,11)12)13-4-5-2-3-6(19-5)14(17)18/h2-3,13H,4H2,1H3,(H,15,16). The van der Waals surface area contributed by atoms with E-state index in [1.54, 1.807) is 5.32 Å². The number of nitrogens with zero attached hydrogens (tertiary/aromatic N) is 1. The first-order chi connectivity index (χ1) is 8.58. The smallest absolute Gasteiger partial charge is 0.433 e. The van der Waals surface area contributed by atoms with E-state index in [9.17, 15) is 28.1 Å². The molecular formula is C9H9F3N2O5. The molecule has 0 aliphatic heterocycles. The minimum absolute atomic E-state index is 0.177. The quantitative estimate of drug-likeness (QED) is 0.628. The topological polar surface area (TPSA) is 106 Å². The van der Waals surface area contributed by atoms with Crippen LogP contribution in [0.2, 0.25) is 0 Å². The molecule has 106 valence electrons. The highest BCUT2D eigenvalue weighted by Crippen LogP contribution is 2.31. The number of alkyl halides is 3. The van der Waals surface area contributed by atoms with Crippen molar-refractivity contribution < 1.29 is 32.4 Å². The number of halogens is 3. The highest BCUT2D eigenvalue weighted by Gasteiger charge is 2.57. The van der Waals surface area contributed by atoms with Crippen LogP contribution >= 0.6 is 0 Å². The first kappa shape index (κ1) is 15.0. The zero-order chi connectivity index (χ0) is 14.8. The van der Waals surface area contributed by atoms with E-state index >= 15 is 0 Å². The second kappa shape index (κ2) is 4.88. The molecule has 0 radical (unpaired) electrons. The van der Waals surface area contributed by atoms with Gasteiger partial charge < -0.3 is 9.52 Å². The molecule has 10 heteroatoms. The summed E-state index contributed by atoms with van der Waals surface area (Å²) < 4.78 is 42.4. The maximum absolute atomic E-state index is 12.6. The van der Waals surface area contributed by atoms with E-state index in [0.717, 1.165) is 12.1 Å². The van der Waals surface area contributed by atoms with E-state index in [0.29, 0.717) is 6.92 Å². The van der Waals surface area contributed by atoms with E-state index in [1.165, 1.54) is 0 Å². The zero-order valence-electron chi connectivity index (χ0n) is 9.52. The van der Waals surface area contributed by atoms with Crippen LogP contribution in [0.15, 0.2) is 16.5 Å². The average molecular weight is 282 g/mol. The molecule has 1 heterocycles. The van der Waals surface area contributed by atoms with Crippen LogP contribution in [0.1, 0.15) is 12.7 Å². The van der Waals surface area contributed by atoms with Crippen LogP contribution < -0.4 is 5.32 Å². The highest BCUT2D eigenvalue weighted by atomic mass is 19.4. The van der Waals surface area contributed by atoms with E-state index < -0.39 is 35.0 Å². The Balaban J connectivity index is 2.83. The van der Waals surface area contributed by atoms with E-state index in [2.05, 4.69) is 4.42 Å². The predicted molar refractivity (Wildman–Crippen MR) is 54.3 cm³/mol. The summed E-state index contributed by atoms with van der Waals surface area (Å²) >= 11 is 0. The van der Waals surface area contributed by atoms with Crippen molar-refractivity contribution in [3.63, 3.8) is 0 Å². The summed E-state index contributed by atoms with van der Waals surface area (Å²) in [5.74, 6) is -2.93. The van der Waals surface area contributed by atoms with Crippen molar-refractivity contribution in [2.24, 2.45) is 0 Å². The van der Waals surface area contributed by atoms with Gasteiger partial charge in [0.1, 0.15) is 10.7 Å². The van der Waals surface area contributed by atoms with Gasteiger partial charge in [-0.1, -0.05) is 0 Å². The van der Waals surface area contributed by atoms with E-state index in [1.807, 2.05) is 0 Å². The third-order valence-corrected chi connectivity index (χ3v) is 2.44. The molecule has 0 aromatic carbocycles. The van der Waals surface area contributed by atoms with Crippen LogP contribution in [0.3, 0.4) is 0 Å². The van der Waals surface area contributed by atoms with Gasteiger partial charge in [-0.15, -0.1) is 0 Å². The van der Waals surface area contributed by atoms with Gasteiger partial charge in [-0.05, 0) is 13.0 Å². The van der Waals surface area contributed by atoms with E-state index in [-0.39, 0.29) is 5.76 Å². The Morgan fingerprint density at radius 2 is 2.11 bits per heavy atom. The second-order valence-electron chi connectivity index (χ2n) is 3.78. The largest absolute Gasteiger partial charge is 0.480 e. The normalized spacial score (nSPS) is 14.9. The number of carbonyl (C=O) groups is 1. The fraction of sp³-hybridized carbons (Fsp3) is 0.444. The van der Waals surface area contributed by atoms with Gasteiger partial charge in [0.05, 0.1) is 12.6 Å². The number of nitro groups is 1. The number of carboxylic acids is 1. The van der Waals surface area contributed by atoms with E-state index in [4.69, 9.17) is 5.11 Å². The SMILES string of the molecule is CC(NCc1ccc([N+](=O)[O-])o1)(C(=O)O)C(F)(F)F. The molecule has 1 aromatic heterocycles. The van der Waals surface area contributed by atoms with Gasteiger partial charge in [-0.2, -0.15) is 13.2 Å². The van der Waals surface area contributed by atoms with Crippen molar-refractivity contribution in [2.75, 3.05) is 0 Å². The lowest BCUT2D eigenvalue weighted by Crippen LogP contribution is -2.59. The number of hydrogen-bond acceptors (Lipinski definition) is 5. The summed E-state index contributed by atoms with van der Waals surface area (Å²) in [4.78, 5) is 20.1. The fourth-order valence-corrected chi connectivity index (χ4v) is 1.12. The number of nitrogens with one attached hydrogen (secondary N) is 1. The minimum atomic E-state index is -5.03. The third kappa shape index (κ3) is 3.02. The van der Waals surface area contributed by atoms with Gasteiger partial charge in [-0.3, -0.25) is 15.4 Å². The fourth-order valence-electron chi connectivity index (χ4n) is 1.12. The molecule has 0 aliphatic carbocycles. The molecule has 0 bridgehead atoms. The number of rotatable bonds is 5. The van der Waals surface area contributed by atoms with Gasteiger partial charge in [-0.25, -0.2) is 4.79 Å². The molecule has 19 heavy (non-hydrogen) atoms. The van der Waals surface area contributed by atoms with Crippen molar-refractivity contribution in [1.29, 1.82) is 0 Å². The van der Waals surface area contributed by atoms with Crippen LogP contribution in [-0.2, 0) is 11.3 Å². The molecule has 7 nitrogen and oxygen atoms in total. The Bertz CT molecular complexity index is 498. The van der Waals surface area contributed by atoms with Crippen LogP contribution in [-0.4, -0.2) is 27.7 Å². The number of carboxylic acid groups (broad SMARTS) is 1. The van der Waals surface area contributed by atoms with Crippen LogP contribution in [0.4, 0.5) is 19.1 Å². The van der Waals surface area contributed by atoms with Crippen LogP contribution in [0.25, 0.3) is 0 Å². The molecule has 0 aliphatic rings. The van der Waals surface area contributed by atoms with Gasteiger partial charge in [0.2, 0.25) is 5.54 Å². The van der Waals surface area contributed by atoms with Crippen molar-refractivity contribution in [3.8, 4) is 0 Å². The summed E-state index contributed by atoms with van der Waals surface area (Å²) in [5.41, 5.74) is -3.17. The second-order valence-corrected chi connectivity index (χ2v) is 3.78. The monoisotopic (exact) mass is 282 g/mol. The Hall–Kier alpha value is -2.10. The molecule has 2 N–H and O–H groups in total. The molecule has 1 aromatic rings. The lowest BCUT2D eigenvalue weighted by molar-refractivity contribution is -0.402. The average Bonchev–Trinajstić information content (AvgIpc) is 2.72. The van der Waals surface area contributed by atoms with Gasteiger partial charge in [0.15, 0.2) is 0 Å². The summed E-state index contributed by atoms with van der Waals surface area (Å²) in [6, 6.07) is 2.05. The number of hydrogen-bond donors (Lipinski definition) is 2. The summed E-state index contributed by atoms with van der Waals surface area (Å²) in [7, 11) is 0. The Labute approximate surface area is 104 Å². The van der Waals surface area contributed by atoms with Gasteiger partial charge in [0, 0.05) is 0 Å². The number of aliphatic carboxylic acids is 1. The maximum atomic E-state index is 12.6. The molecule has 1 atom stereocenters. The van der Waals surface area contributed by atoms with Crippen molar-refractivity contribution in [1.82, 2.24) is 5.32 Å². The molecule has 0 spiro atoms. The lowest BCUT2D eigenvalue weighted by Gasteiger charge is -2.28. The highest BCUT2D eigenvalue weighted by molar-refractivity contribution is 5.79. The summed E-state index contributed by atoms with van der Waals surface area (Å²) in [5, 5.41) is 20.7. The van der Waals surface area contributed by atoms with Crippen LogP contribution in [0.5, 0.6) is 0 Å². The van der Waals surface area contributed by atoms with Crippen molar-refractivity contribution in [2.45, 2.75) is 25.2 Å². The molecule has 1 unspecified atom stereocenters. The number of furan rings is 1. The van der Waals surface area contributed by atoms with Crippen molar-refractivity contribution in [3.05, 3.63) is 28.0 Å². The van der Waals surface area contributed by atoms with Gasteiger partial charge >= 0.3 is 18.0 Å². The minimum Gasteiger partial charge on any atom is -0.480 e. The lowest BCUT2D eigenvalue weighted by atomic mass is 10.0. The third-order valence-electron chi connectivity index (χ3n) is 2.44. The first-order valence-electron chi connectivity index (χ1n) is 4.86. The maximum Gasteiger partial charge on any atom is 0.433 e. The molecule has 0 amide bonds.